The van der Waals surface area contributed by atoms with Crippen molar-refractivity contribution in [3.63, 3.8) is 0 Å². The number of aliphatic imine (C=N–C) groups is 1. The average Bonchev–Trinajstić information content (AvgIpc) is 2.63. The van der Waals surface area contributed by atoms with E-state index in [4.69, 9.17) is 4.74 Å². The van der Waals surface area contributed by atoms with Gasteiger partial charge in [-0.3, -0.25) is 19.9 Å². The zero-order valence-electron chi connectivity index (χ0n) is 13.7. The fraction of sp³-hybridized carbons (Fsp3) is 0.111. The van der Waals surface area contributed by atoms with Gasteiger partial charge >= 0.3 is 6.03 Å². The first kappa shape index (κ1) is 17.3. The molecule has 3 rings (SSSR count). The van der Waals surface area contributed by atoms with Gasteiger partial charge in [0.1, 0.15) is 11.6 Å². The Balaban J connectivity index is 1.88. The number of rotatable bonds is 4. The van der Waals surface area contributed by atoms with Crippen molar-refractivity contribution < 1.29 is 23.5 Å². The number of benzene rings is 2. The molecule has 26 heavy (non-hydrogen) atoms. The van der Waals surface area contributed by atoms with E-state index >= 15 is 0 Å². The highest BCUT2D eigenvalue weighted by molar-refractivity contribution is 6.32. The molecule has 0 spiro atoms. The van der Waals surface area contributed by atoms with E-state index in [-0.39, 0.29) is 5.69 Å². The summed E-state index contributed by atoms with van der Waals surface area (Å²) in [6, 6.07) is 10.7. The number of nitrogens with one attached hydrogen (secondary N) is 1. The van der Waals surface area contributed by atoms with Crippen LogP contribution in [0.1, 0.15) is 0 Å². The second-order valence-corrected chi connectivity index (χ2v) is 5.40. The molecule has 2 aromatic rings. The normalized spacial score (nSPS) is 17.5. The molecule has 1 N–H and O–H groups in total. The topological polar surface area (TPSA) is 88.1 Å². The Morgan fingerprint density at radius 3 is 2.58 bits per heavy atom. The Morgan fingerprint density at radius 2 is 1.88 bits per heavy atom. The molecule has 8 heteroatoms. The number of methoxy groups -OCH3 is 1. The Morgan fingerprint density at radius 1 is 1.15 bits per heavy atom. The van der Waals surface area contributed by atoms with Crippen molar-refractivity contribution in [2.75, 3.05) is 12.0 Å². The van der Waals surface area contributed by atoms with Gasteiger partial charge in [-0.25, -0.2) is 14.1 Å². The van der Waals surface area contributed by atoms with E-state index < -0.39 is 29.6 Å². The molecule has 1 aliphatic rings. The summed E-state index contributed by atoms with van der Waals surface area (Å²) in [7, 11) is 1.46. The van der Waals surface area contributed by atoms with Crippen LogP contribution in [0.5, 0.6) is 5.75 Å². The number of hydrogen-bond donors (Lipinski definition) is 1. The minimum atomic E-state index is -1.29. The van der Waals surface area contributed by atoms with Crippen molar-refractivity contribution in [3.05, 3.63) is 54.3 Å². The maximum atomic E-state index is 12.9. The number of carbonyl (C=O) groups excluding carboxylic acids is 3. The molecule has 0 aliphatic carbocycles. The highest BCUT2D eigenvalue weighted by atomic mass is 19.1. The highest BCUT2D eigenvalue weighted by Crippen LogP contribution is 2.24. The summed E-state index contributed by atoms with van der Waals surface area (Å²) in [5.41, 5.74) is 0.636. The predicted octanol–water partition coefficient (Wildman–Crippen LogP) is 2.44. The highest BCUT2D eigenvalue weighted by Gasteiger charge is 2.40. The van der Waals surface area contributed by atoms with Crippen LogP contribution in [0.4, 0.5) is 20.6 Å². The van der Waals surface area contributed by atoms with Crippen LogP contribution >= 0.6 is 0 Å². The van der Waals surface area contributed by atoms with Gasteiger partial charge in [-0.05, 0) is 36.4 Å². The summed E-state index contributed by atoms with van der Waals surface area (Å²) in [6.45, 7) is 0. The Bertz CT molecular complexity index is 896. The van der Waals surface area contributed by atoms with Crippen LogP contribution < -0.4 is 15.0 Å². The second kappa shape index (κ2) is 7.14. The number of amides is 4. The minimum Gasteiger partial charge on any atom is -0.497 e. The van der Waals surface area contributed by atoms with Crippen molar-refractivity contribution in [3.8, 4) is 5.75 Å². The van der Waals surface area contributed by atoms with Gasteiger partial charge in [-0.1, -0.05) is 6.07 Å². The van der Waals surface area contributed by atoms with Gasteiger partial charge in [0, 0.05) is 12.3 Å². The molecule has 0 radical (unpaired) electrons. The lowest BCUT2D eigenvalue weighted by Gasteiger charge is -2.28. The van der Waals surface area contributed by atoms with E-state index in [9.17, 15) is 18.8 Å². The summed E-state index contributed by atoms with van der Waals surface area (Å²) in [6.07, 6.45) is 1.13. The van der Waals surface area contributed by atoms with Crippen molar-refractivity contribution in [1.82, 2.24) is 5.32 Å². The van der Waals surface area contributed by atoms with Crippen LogP contribution in [0.3, 0.4) is 0 Å². The lowest BCUT2D eigenvalue weighted by atomic mass is 10.1. The maximum absolute atomic E-state index is 12.9. The molecule has 0 saturated carbocycles. The number of nitrogens with zero attached hydrogens (tertiary/aromatic N) is 2. The number of carbonyl (C=O) groups is 3. The van der Waals surface area contributed by atoms with E-state index in [1.165, 1.54) is 37.4 Å². The molecule has 7 nitrogen and oxygen atoms in total. The summed E-state index contributed by atoms with van der Waals surface area (Å²) < 4.78 is 18.0. The number of hydrogen-bond acceptors (Lipinski definition) is 5. The second-order valence-electron chi connectivity index (χ2n) is 5.40. The fourth-order valence-electron chi connectivity index (χ4n) is 2.40. The Labute approximate surface area is 148 Å². The molecular weight excluding hydrogens is 341 g/mol. The molecule has 1 heterocycles. The molecule has 1 saturated heterocycles. The van der Waals surface area contributed by atoms with Crippen LogP contribution in [0.15, 0.2) is 53.5 Å². The van der Waals surface area contributed by atoms with E-state index in [1.807, 2.05) is 0 Å². The van der Waals surface area contributed by atoms with E-state index in [1.54, 1.807) is 18.2 Å². The Hall–Kier alpha value is -3.55. The summed E-state index contributed by atoms with van der Waals surface area (Å²) in [5.74, 6) is -2.77. The zero-order valence-corrected chi connectivity index (χ0v) is 13.7. The molecule has 0 bridgehead atoms. The maximum Gasteiger partial charge on any atom is 0.335 e. The van der Waals surface area contributed by atoms with E-state index in [2.05, 4.69) is 10.3 Å². The molecule has 0 unspecified atom stereocenters. The van der Waals surface area contributed by atoms with Gasteiger partial charge < -0.3 is 4.74 Å². The van der Waals surface area contributed by atoms with Crippen LogP contribution in [-0.2, 0) is 9.59 Å². The van der Waals surface area contributed by atoms with Crippen molar-refractivity contribution >= 4 is 35.4 Å². The predicted molar refractivity (Wildman–Crippen MR) is 92.1 cm³/mol. The van der Waals surface area contributed by atoms with Crippen LogP contribution in [0, 0.1) is 11.7 Å². The third kappa shape index (κ3) is 3.44. The van der Waals surface area contributed by atoms with Crippen LogP contribution in [-0.4, -0.2) is 31.2 Å². The first-order valence-electron chi connectivity index (χ1n) is 7.62. The molecular formula is C18H14FN3O4. The molecule has 4 amide bonds. The van der Waals surface area contributed by atoms with Gasteiger partial charge in [0.2, 0.25) is 5.91 Å². The van der Waals surface area contributed by atoms with Gasteiger partial charge in [0.15, 0.2) is 5.92 Å². The number of anilines is 1. The third-order valence-corrected chi connectivity index (χ3v) is 3.71. The van der Waals surface area contributed by atoms with Crippen molar-refractivity contribution in [1.29, 1.82) is 0 Å². The number of barbiturate groups is 1. The van der Waals surface area contributed by atoms with Crippen LogP contribution in [0.25, 0.3) is 0 Å². The molecule has 1 fully saturated rings. The van der Waals surface area contributed by atoms with Gasteiger partial charge in [0.05, 0.1) is 18.5 Å². The Kier molecular flexibility index (Phi) is 4.74. The van der Waals surface area contributed by atoms with Gasteiger partial charge in [0.25, 0.3) is 5.91 Å². The SMILES string of the molecule is COc1cccc(N2C(=O)NC(=O)[C@@H](C=Nc3ccc(F)cc3)C2=O)c1. The lowest BCUT2D eigenvalue weighted by molar-refractivity contribution is -0.131. The zero-order chi connectivity index (χ0) is 18.7. The number of imide groups is 2. The fourth-order valence-corrected chi connectivity index (χ4v) is 2.40. The summed E-state index contributed by atoms with van der Waals surface area (Å²) in [4.78, 5) is 41.7. The van der Waals surface area contributed by atoms with E-state index in [0.29, 0.717) is 11.4 Å². The number of ether oxygens (including phenoxy) is 1. The average molecular weight is 355 g/mol. The standard InChI is InChI=1S/C18H14FN3O4/c1-26-14-4-2-3-13(9-14)22-17(24)15(16(23)21-18(22)25)10-20-12-7-5-11(19)6-8-12/h2-10,15H,1H3,(H,21,23,25)/t15-/m1/s1. The first-order valence-corrected chi connectivity index (χ1v) is 7.62. The molecule has 2 aromatic carbocycles. The summed E-state index contributed by atoms with van der Waals surface area (Å²) >= 11 is 0. The van der Waals surface area contributed by atoms with Crippen molar-refractivity contribution in [2.24, 2.45) is 10.9 Å². The quantitative estimate of drug-likeness (QED) is 0.674. The minimum absolute atomic E-state index is 0.263. The number of halogens is 1. The largest absolute Gasteiger partial charge is 0.497 e. The van der Waals surface area contributed by atoms with Gasteiger partial charge in [-0.2, -0.15) is 0 Å². The van der Waals surface area contributed by atoms with Crippen molar-refractivity contribution in [2.45, 2.75) is 0 Å². The summed E-state index contributed by atoms with van der Waals surface area (Å²) in [5, 5.41) is 2.13. The third-order valence-electron chi connectivity index (χ3n) is 3.71. The van der Waals surface area contributed by atoms with E-state index in [0.717, 1.165) is 11.1 Å². The number of urea groups is 1. The lowest BCUT2D eigenvalue weighted by Crippen LogP contribution is -2.58. The molecule has 1 atom stereocenters. The molecule has 132 valence electrons. The smallest absolute Gasteiger partial charge is 0.335 e. The van der Waals surface area contributed by atoms with Gasteiger partial charge in [-0.15, -0.1) is 0 Å². The molecule has 1 aliphatic heterocycles. The monoisotopic (exact) mass is 355 g/mol. The first-order chi connectivity index (χ1) is 12.5. The van der Waals surface area contributed by atoms with Crippen LogP contribution in [0.2, 0.25) is 0 Å². The molecule has 0 aromatic heterocycles.